The molecule has 3 aromatic heterocycles. The number of anilines is 3. The lowest BCUT2D eigenvalue weighted by Gasteiger charge is -2.35. The predicted molar refractivity (Wildman–Crippen MR) is 131 cm³/mol. The maximum Gasteiger partial charge on any atom is 0.278 e. The van der Waals surface area contributed by atoms with Gasteiger partial charge >= 0.3 is 0 Å². The first kappa shape index (κ1) is 20.7. The third-order valence-electron chi connectivity index (χ3n) is 6.02. The van der Waals surface area contributed by atoms with Gasteiger partial charge in [0.25, 0.3) is 5.56 Å². The van der Waals surface area contributed by atoms with Crippen LogP contribution in [0.2, 0.25) is 0 Å². The Bertz CT molecular complexity index is 1300. The zero-order chi connectivity index (χ0) is 22.2. The first-order valence-electron chi connectivity index (χ1n) is 10.9. The normalized spacial score (nSPS) is 14.9. The molecule has 0 amide bonds. The molecule has 0 saturated carbocycles. The molecular formula is C23H27N7OS. The Morgan fingerprint density at radius 2 is 1.97 bits per heavy atom. The van der Waals surface area contributed by atoms with Gasteiger partial charge in [0, 0.05) is 55.7 Å². The Labute approximate surface area is 190 Å². The van der Waals surface area contributed by atoms with Gasteiger partial charge in [-0.2, -0.15) is 16.3 Å². The number of piperazine rings is 1. The van der Waals surface area contributed by atoms with E-state index < -0.39 is 0 Å². The predicted octanol–water partition coefficient (Wildman–Crippen LogP) is 3.47. The van der Waals surface area contributed by atoms with E-state index in [1.54, 1.807) is 22.2 Å². The number of aromatic nitrogens is 4. The molecule has 1 fully saturated rings. The summed E-state index contributed by atoms with van der Waals surface area (Å²) in [5.74, 6) is 0.474. The molecule has 1 aromatic carbocycles. The van der Waals surface area contributed by atoms with Gasteiger partial charge in [-0.25, -0.2) is 14.3 Å². The molecule has 4 heterocycles. The maximum atomic E-state index is 12.8. The summed E-state index contributed by atoms with van der Waals surface area (Å²) in [4.78, 5) is 26.8. The lowest BCUT2D eigenvalue weighted by molar-refractivity contribution is 0.312. The standard InChI is InChI=1S/C23H27N7OS/c1-4-29-22(31)19-14-24-23(26-21(19)30(29)18-7-12-32-15-18)25-17-5-6-20(16(2)13-17)28-10-8-27(3)9-11-28/h5-7,12-15H,4,8-11H2,1-3H3,(H,24,25,26). The Morgan fingerprint density at radius 1 is 1.16 bits per heavy atom. The maximum absolute atomic E-state index is 12.8. The van der Waals surface area contributed by atoms with Crippen molar-refractivity contribution in [2.75, 3.05) is 43.4 Å². The van der Waals surface area contributed by atoms with Gasteiger partial charge in [0.15, 0.2) is 5.65 Å². The smallest absolute Gasteiger partial charge is 0.278 e. The van der Waals surface area contributed by atoms with E-state index in [1.165, 1.54) is 11.3 Å². The van der Waals surface area contributed by atoms with Crippen molar-refractivity contribution in [2.24, 2.45) is 0 Å². The van der Waals surface area contributed by atoms with Crippen LogP contribution in [0.3, 0.4) is 0 Å². The van der Waals surface area contributed by atoms with E-state index in [2.05, 4.69) is 52.3 Å². The van der Waals surface area contributed by atoms with Crippen molar-refractivity contribution in [1.82, 2.24) is 24.2 Å². The summed E-state index contributed by atoms with van der Waals surface area (Å²) < 4.78 is 3.57. The highest BCUT2D eigenvalue weighted by Crippen LogP contribution is 2.26. The third-order valence-corrected chi connectivity index (χ3v) is 6.69. The van der Waals surface area contributed by atoms with Crippen LogP contribution in [0, 0.1) is 6.92 Å². The molecule has 1 aliphatic rings. The van der Waals surface area contributed by atoms with E-state index in [0.717, 1.165) is 37.6 Å². The summed E-state index contributed by atoms with van der Waals surface area (Å²) in [5, 5.41) is 7.85. The molecule has 5 rings (SSSR count). The third kappa shape index (κ3) is 3.67. The van der Waals surface area contributed by atoms with E-state index in [1.807, 2.05) is 28.4 Å². The molecule has 0 unspecified atom stereocenters. The SMILES string of the molecule is CCn1c(=O)c2cnc(Nc3ccc(N4CCN(C)CC4)c(C)c3)nc2n1-c1ccsc1. The van der Waals surface area contributed by atoms with Crippen molar-refractivity contribution >= 4 is 39.7 Å². The number of likely N-dealkylation sites (N-methyl/N-ethyl adjacent to an activating group) is 1. The molecule has 4 aromatic rings. The van der Waals surface area contributed by atoms with Gasteiger partial charge in [-0.15, -0.1) is 0 Å². The lowest BCUT2D eigenvalue weighted by Crippen LogP contribution is -2.44. The molecule has 32 heavy (non-hydrogen) atoms. The van der Waals surface area contributed by atoms with Gasteiger partial charge in [-0.05, 0) is 56.1 Å². The van der Waals surface area contributed by atoms with E-state index in [0.29, 0.717) is 23.5 Å². The molecule has 0 spiro atoms. The highest BCUT2D eigenvalue weighted by molar-refractivity contribution is 7.08. The van der Waals surface area contributed by atoms with Gasteiger partial charge in [0.1, 0.15) is 5.39 Å². The zero-order valence-corrected chi connectivity index (χ0v) is 19.4. The van der Waals surface area contributed by atoms with Crippen LogP contribution in [0.4, 0.5) is 17.3 Å². The van der Waals surface area contributed by atoms with Crippen LogP contribution >= 0.6 is 11.3 Å². The first-order chi connectivity index (χ1) is 15.5. The number of aryl methyl sites for hydroxylation is 1. The van der Waals surface area contributed by atoms with Crippen molar-refractivity contribution in [3.05, 3.63) is 57.1 Å². The number of rotatable bonds is 5. The highest BCUT2D eigenvalue weighted by Gasteiger charge is 2.18. The van der Waals surface area contributed by atoms with Gasteiger partial charge < -0.3 is 15.1 Å². The van der Waals surface area contributed by atoms with Crippen LogP contribution in [-0.4, -0.2) is 57.5 Å². The molecule has 1 saturated heterocycles. The van der Waals surface area contributed by atoms with Crippen LogP contribution < -0.4 is 15.8 Å². The lowest BCUT2D eigenvalue weighted by atomic mass is 10.1. The molecule has 0 aliphatic carbocycles. The summed E-state index contributed by atoms with van der Waals surface area (Å²) in [6.45, 7) is 8.89. The largest absolute Gasteiger partial charge is 0.369 e. The summed E-state index contributed by atoms with van der Waals surface area (Å²) in [7, 11) is 2.17. The second-order valence-corrected chi connectivity index (χ2v) is 8.94. The number of thiophene rings is 1. The zero-order valence-electron chi connectivity index (χ0n) is 18.6. The molecule has 0 atom stereocenters. The van der Waals surface area contributed by atoms with Crippen LogP contribution in [0.1, 0.15) is 12.5 Å². The van der Waals surface area contributed by atoms with E-state index in [4.69, 9.17) is 4.98 Å². The number of benzene rings is 1. The molecule has 0 bridgehead atoms. The quantitative estimate of drug-likeness (QED) is 0.503. The highest BCUT2D eigenvalue weighted by atomic mass is 32.1. The van der Waals surface area contributed by atoms with Crippen molar-refractivity contribution < 1.29 is 0 Å². The molecule has 166 valence electrons. The van der Waals surface area contributed by atoms with Crippen LogP contribution in [0.5, 0.6) is 0 Å². The summed E-state index contributed by atoms with van der Waals surface area (Å²) in [6.07, 6.45) is 1.62. The van der Waals surface area contributed by atoms with Crippen LogP contribution in [-0.2, 0) is 6.54 Å². The van der Waals surface area contributed by atoms with Crippen LogP contribution in [0.15, 0.2) is 46.0 Å². The number of hydrogen-bond donors (Lipinski definition) is 1. The number of hydrogen-bond acceptors (Lipinski definition) is 7. The van der Waals surface area contributed by atoms with Gasteiger partial charge in [-0.1, -0.05) is 0 Å². The van der Waals surface area contributed by atoms with E-state index in [-0.39, 0.29) is 5.56 Å². The second kappa shape index (κ2) is 8.40. The fourth-order valence-electron chi connectivity index (χ4n) is 4.28. The van der Waals surface area contributed by atoms with Crippen LogP contribution in [0.25, 0.3) is 16.7 Å². The van der Waals surface area contributed by atoms with Gasteiger partial charge in [0.2, 0.25) is 5.95 Å². The molecule has 1 N–H and O–H groups in total. The van der Waals surface area contributed by atoms with Crippen molar-refractivity contribution in [2.45, 2.75) is 20.4 Å². The fourth-order valence-corrected chi connectivity index (χ4v) is 4.89. The first-order valence-corrected chi connectivity index (χ1v) is 11.8. The monoisotopic (exact) mass is 449 g/mol. The minimum atomic E-state index is -0.0763. The molecular weight excluding hydrogens is 422 g/mol. The average molecular weight is 450 g/mol. The fraction of sp³-hybridized carbons (Fsp3) is 0.348. The van der Waals surface area contributed by atoms with Gasteiger partial charge in [0.05, 0.1) is 5.69 Å². The summed E-state index contributed by atoms with van der Waals surface area (Å²) in [6, 6.07) is 8.35. The van der Waals surface area contributed by atoms with Gasteiger partial charge in [-0.3, -0.25) is 4.79 Å². The average Bonchev–Trinajstić information content (AvgIpc) is 3.41. The molecule has 1 aliphatic heterocycles. The summed E-state index contributed by atoms with van der Waals surface area (Å²) in [5.41, 5.74) is 4.88. The Hall–Kier alpha value is -3.17. The van der Waals surface area contributed by atoms with E-state index in [9.17, 15) is 4.79 Å². The van der Waals surface area contributed by atoms with Crippen molar-refractivity contribution in [3.63, 3.8) is 0 Å². The minimum absolute atomic E-state index is 0.0763. The van der Waals surface area contributed by atoms with E-state index >= 15 is 0 Å². The minimum Gasteiger partial charge on any atom is -0.369 e. The number of fused-ring (bicyclic) bond motifs is 1. The molecule has 8 nitrogen and oxygen atoms in total. The van der Waals surface area contributed by atoms with Crippen molar-refractivity contribution in [1.29, 1.82) is 0 Å². The number of nitrogens with one attached hydrogen (secondary N) is 1. The molecule has 9 heteroatoms. The Kier molecular flexibility index (Phi) is 5.44. The number of nitrogens with zero attached hydrogens (tertiary/aromatic N) is 6. The molecule has 0 radical (unpaired) electrons. The topological polar surface area (TPSA) is 71.2 Å². The Balaban J connectivity index is 1.46. The second-order valence-electron chi connectivity index (χ2n) is 8.16. The summed E-state index contributed by atoms with van der Waals surface area (Å²) >= 11 is 1.59. The van der Waals surface area contributed by atoms with Crippen molar-refractivity contribution in [3.8, 4) is 5.69 Å². The Morgan fingerprint density at radius 3 is 2.66 bits per heavy atom.